The van der Waals surface area contributed by atoms with Gasteiger partial charge in [-0.15, -0.1) is 11.3 Å². The van der Waals surface area contributed by atoms with Gasteiger partial charge in [-0.05, 0) is 37.0 Å². The number of ether oxygens (including phenoxy) is 2. The van der Waals surface area contributed by atoms with Crippen LogP contribution in [0, 0.1) is 5.92 Å². The van der Waals surface area contributed by atoms with Crippen molar-refractivity contribution in [3.05, 3.63) is 41.3 Å². The highest BCUT2D eigenvalue weighted by Crippen LogP contribution is 2.41. The minimum atomic E-state index is -0.0128. The van der Waals surface area contributed by atoms with Gasteiger partial charge in [0.2, 0.25) is 5.91 Å². The lowest BCUT2D eigenvalue weighted by atomic mass is 9.87. The molecule has 33 heavy (non-hydrogen) atoms. The highest BCUT2D eigenvalue weighted by atomic mass is 32.1. The zero-order valence-corrected chi connectivity index (χ0v) is 19.7. The summed E-state index contributed by atoms with van der Waals surface area (Å²) >= 11 is 1.66. The molecule has 1 amide bonds. The summed E-state index contributed by atoms with van der Waals surface area (Å²) in [5.41, 5.74) is 3.01. The van der Waals surface area contributed by atoms with Gasteiger partial charge in [-0.25, -0.2) is 14.5 Å². The largest absolute Gasteiger partial charge is 0.493 e. The lowest BCUT2D eigenvalue weighted by Gasteiger charge is -2.26. The average molecular weight is 467 g/mol. The molecule has 0 bridgehead atoms. The Kier molecular flexibility index (Phi) is 5.86. The second-order valence-corrected chi connectivity index (χ2v) is 9.26. The second kappa shape index (κ2) is 8.95. The molecule has 0 saturated heterocycles. The van der Waals surface area contributed by atoms with Crippen molar-refractivity contribution in [3.63, 3.8) is 0 Å². The van der Waals surface area contributed by atoms with Crippen LogP contribution in [0.5, 0.6) is 5.75 Å². The summed E-state index contributed by atoms with van der Waals surface area (Å²) in [5, 5.41) is 8.77. The van der Waals surface area contributed by atoms with Gasteiger partial charge in [-0.2, -0.15) is 5.10 Å². The van der Waals surface area contributed by atoms with E-state index in [1.54, 1.807) is 47.5 Å². The molecule has 0 fully saturated rings. The normalized spacial score (nSPS) is 15.5. The fourth-order valence-corrected chi connectivity index (χ4v) is 5.67. The maximum Gasteiger partial charge on any atom is 0.225 e. The predicted octanol–water partition coefficient (Wildman–Crippen LogP) is 3.30. The zero-order chi connectivity index (χ0) is 22.9. The van der Waals surface area contributed by atoms with Crippen LogP contribution in [0.2, 0.25) is 0 Å². The molecule has 1 aliphatic rings. The van der Waals surface area contributed by atoms with Crippen LogP contribution >= 0.6 is 11.3 Å². The Bertz CT molecular complexity index is 1320. The molecule has 9 nitrogen and oxygen atoms in total. The van der Waals surface area contributed by atoms with E-state index in [0.717, 1.165) is 46.5 Å². The predicted molar refractivity (Wildman–Crippen MR) is 127 cm³/mol. The number of carbonyl (C=O) groups excluding carboxylic acids is 1. The minimum Gasteiger partial charge on any atom is -0.493 e. The average Bonchev–Trinajstić information content (AvgIpc) is 3.45. The number of carbonyl (C=O) groups is 1. The van der Waals surface area contributed by atoms with Crippen LogP contribution in [0.15, 0.2) is 30.9 Å². The fraction of sp³-hybridized carbons (Fsp3) is 0.391. The van der Waals surface area contributed by atoms with Crippen molar-refractivity contribution in [3.8, 4) is 5.75 Å². The molecule has 1 N–H and O–H groups in total. The number of aryl methyl sites for hydroxylation is 1. The molecule has 1 aliphatic carbocycles. The molecule has 0 spiro atoms. The monoisotopic (exact) mass is 466 g/mol. The SMILES string of the molecule is COCCN(C)C(=O)[C@H]1CCc2c(sc3ncnc(Nc4cc5ccnn5cc4OC)c23)C1. The van der Waals surface area contributed by atoms with Gasteiger partial charge in [0.25, 0.3) is 0 Å². The first-order valence-corrected chi connectivity index (χ1v) is 11.7. The van der Waals surface area contributed by atoms with E-state index in [0.29, 0.717) is 18.9 Å². The summed E-state index contributed by atoms with van der Waals surface area (Å²) in [6, 6.07) is 3.93. The highest BCUT2D eigenvalue weighted by Gasteiger charge is 2.30. The molecule has 0 radical (unpaired) electrons. The van der Waals surface area contributed by atoms with Crippen molar-refractivity contribution in [2.45, 2.75) is 19.3 Å². The van der Waals surface area contributed by atoms with Gasteiger partial charge in [0.1, 0.15) is 17.0 Å². The van der Waals surface area contributed by atoms with Crippen LogP contribution in [0.25, 0.3) is 15.7 Å². The number of nitrogens with zero attached hydrogens (tertiary/aromatic N) is 5. The summed E-state index contributed by atoms with van der Waals surface area (Å²) < 4.78 is 12.5. The number of hydrogen-bond acceptors (Lipinski definition) is 8. The first kappa shape index (κ1) is 21.6. The van der Waals surface area contributed by atoms with E-state index >= 15 is 0 Å². The van der Waals surface area contributed by atoms with Gasteiger partial charge in [-0.3, -0.25) is 4.79 Å². The molecule has 0 saturated carbocycles. The molecular weight excluding hydrogens is 440 g/mol. The molecule has 0 unspecified atom stereocenters. The van der Waals surface area contributed by atoms with Crippen molar-refractivity contribution < 1.29 is 14.3 Å². The van der Waals surface area contributed by atoms with Crippen LogP contribution in [-0.2, 0) is 22.4 Å². The van der Waals surface area contributed by atoms with Gasteiger partial charge in [0, 0.05) is 37.7 Å². The molecule has 172 valence electrons. The third-order valence-corrected chi connectivity index (χ3v) is 7.34. The van der Waals surface area contributed by atoms with Crippen molar-refractivity contribution in [1.82, 2.24) is 24.5 Å². The molecule has 4 aromatic heterocycles. The number of anilines is 2. The van der Waals surface area contributed by atoms with Gasteiger partial charge in [0.05, 0.1) is 36.5 Å². The van der Waals surface area contributed by atoms with Crippen molar-refractivity contribution >= 4 is 44.5 Å². The Hall–Kier alpha value is -3.24. The number of methoxy groups -OCH3 is 2. The highest BCUT2D eigenvalue weighted by molar-refractivity contribution is 7.19. The van der Waals surface area contributed by atoms with Crippen molar-refractivity contribution in [2.75, 3.05) is 39.7 Å². The number of amides is 1. The Morgan fingerprint density at radius 1 is 1.36 bits per heavy atom. The second-order valence-electron chi connectivity index (χ2n) is 8.18. The molecule has 1 atom stereocenters. The number of hydrogen-bond donors (Lipinski definition) is 1. The van der Waals surface area contributed by atoms with Crippen LogP contribution < -0.4 is 10.1 Å². The minimum absolute atomic E-state index is 0.0128. The van der Waals surface area contributed by atoms with Crippen LogP contribution in [0.3, 0.4) is 0 Å². The summed E-state index contributed by atoms with van der Waals surface area (Å²) in [7, 11) is 5.14. The van der Waals surface area contributed by atoms with E-state index in [1.807, 2.05) is 25.4 Å². The zero-order valence-electron chi connectivity index (χ0n) is 18.9. The Balaban J connectivity index is 1.45. The molecule has 4 heterocycles. The first-order valence-electron chi connectivity index (χ1n) is 10.9. The van der Waals surface area contributed by atoms with E-state index in [2.05, 4.69) is 20.4 Å². The van der Waals surface area contributed by atoms with Crippen LogP contribution in [-0.4, -0.2) is 64.8 Å². The van der Waals surface area contributed by atoms with E-state index in [1.165, 1.54) is 10.4 Å². The summed E-state index contributed by atoms with van der Waals surface area (Å²) in [4.78, 5) is 25.9. The topological polar surface area (TPSA) is 93.9 Å². The van der Waals surface area contributed by atoms with Crippen molar-refractivity contribution in [1.29, 1.82) is 0 Å². The maximum absolute atomic E-state index is 12.9. The number of fused-ring (bicyclic) bond motifs is 4. The van der Waals surface area contributed by atoms with Crippen LogP contribution in [0.1, 0.15) is 16.9 Å². The van der Waals surface area contributed by atoms with E-state index in [9.17, 15) is 4.79 Å². The molecule has 5 rings (SSSR count). The van der Waals surface area contributed by atoms with Gasteiger partial charge in [-0.1, -0.05) is 0 Å². The number of pyridine rings is 1. The fourth-order valence-electron chi connectivity index (χ4n) is 4.40. The maximum atomic E-state index is 12.9. The lowest BCUT2D eigenvalue weighted by molar-refractivity contribution is -0.135. The number of nitrogens with one attached hydrogen (secondary N) is 1. The van der Waals surface area contributed by atoms with Crippen LogP contribution in [0.4, 0.5) is 11.5 Å². The number of rotatable bonds is 7. The smallest absolute Gasteiger partial charge is 0.225 e. The third-order valence-electron chi connectivity index (χ3n) is 6.17. The van der Waals surface area contributed by atoms with Gasteiger partial charge in [0.15, 0.2) is 5.75 Å². The van der Waals surface area contributed by atoms with Gasteiger partial charge < -0.3 is 19.7 Å². The molecule has 0 aliphatic heterocycles. The van der Waals surface area contributed by atoms with E-state index < -0.39 is 0 Å². The van der Waals surface area contributed by atoms with E-state index in [-0.39, 0.29) is 11.8 Å². The van der Waals surface area contributed by atoms with Gasteiger partial charge >= 0.3 is 0 Å². The number of thiophene rings is 1. The third kappa shape index (κ3) is 4.00. The van der Waals surface area contributed by atoms with Crippen molar-refractivity contribution in [2.24, 2.45) is 5.92 Å². The quantitative estimate of drug-likeness (QED) is 0.447. The molecular formula is C23H26N6O3S. The number of aromatic nitrogens is 4. The Labute approximate surface area is 195 Å². The summed E-state index contributed by atoms with van der Waals surface area (Å²) in [6.45, 7) is 1.15. The Morgan fingerprint density at radius 2 is 2.24 bits per heavy atom. The molecule has 0 aromatic carbocycles. The molecule has 4 aromatic rings. The first-order chi connectivity index (χ1) is 16.1. The Morgan fingerprint density at radius 3 is 3.06 bits per heavy atom. The number of likely N-dealkylation sites (N-methyl/N-ethyl adjacent to an activating group) is 1. The lowest BCUT2D eigenvalue weighted by Crippen LogP contribution is -2.37. The summed E-state index contributed by atoms with van der Waals surface area (Å²) in [6.07, 6.45) is 7.55. The standard InChI is InChI=1S/C23H26N6O3S/c1-28(8-9-31-2)23(30)14-4-5-16-19(10-14)33-22-20(16)21(24-13-25-22)27-17-11-15-6-7-26-29(15)12-18(17)32-3/h6-7,11-14H,4-5,8-10H2,1-3H3,(H,24,25,27)/t14-/m0/s1. The molecule has 10 heteroatoms. The van der Waals surface area contributed by atoms with E-state index in [4.69, 9.17) is 9.47 Å². The summed E-state index contributed by atoms with van der Waals surface area (Å²) in [5.74, 6) is 1.59.